The molecule has 0 saturated heterocycles. The summed E-state index contributed by atoms with van der Waals surface area (Å²) in [5.41, 5.74) is 2.17. The smallest absolute Gasteiger partial charge is 0.264 e. The number of halogens is 1. The van der Waals surface area contributed by atoms with Gasteiger partial charge in [-0.2, -0.15) is 0 Å². The molecule has 2 aromatic rings. The van der Waals surface area contributed by atoms with Crippen molar-refractivity contribution in [1.82, 2.24) is 4.72 Å². The molecule has 6 rings (SSSR count). The molecule has 0 aromatic heterocycles. The first kappa shape index (κ1) is 29.3. The molecule has 2 bridgehead atoms. The molecular formula is C33H39ClN2O5S. The van der Waals surface area contributed by atoms with Crippen LogP contribution in [0.3, 0.4) is 0 Å². The lowest BCUT2D eigenvalue weighted by molar-refractivity contribution is -0.0444. The summed E-state index contributed by atoms with van der Waals surface area (Å²) < 4.78 is 34.3. The minimum absolute atomic E-state index is 0.0223. The summed E-state index contributed by atoms with van der Waals surface area (Å²) >= 11 is 6.39. The van der Waals surface area contributed by atoms with E-state index in [0.717, 1.165) is 42.8 Å². The van der Waals surface area contributed by atoms with E-state index in [-0.39, 0.29) is 28.6 Å². The molecule has 1 amide bonds. The first-order chi connectivity index (χ1) is 20.1. The molecule has 0 radical (unpaired) electrons. The summed E-state index contributed by atoms with van der Waals surface area (Å²) in [5.74, 6) is 6.25. The Labute approximate surface area is 254 Å². The van der Waals surface area contributed by atoms with Crippen LogP contribution < -0.4 is 14.4 Å². The van der Waals surface area contributed by atoms with Gasteiger partial charge in [-0.15, -0.1) is 5.92 Å². The lowest BCUT2D eigenvalue weighted by Crippen LogP contribution is -2.52. The quantitative estimate of drug-likeness (QED) is 0.397. The Balaban J connectivity index is 1.43. The topological polar surface area (TPSA) is 95.9 Å². The van der Waals surface area contributed by atoms with Gasteiger partial charge in [-0.1, -0.05) is 30.0 Å². The monoisotopic (exact) mass is 610 g/mol. The SMILES string of the molecule is CC#C[C@@]1(O)CCCCCS(=O)(=O)NC(=O)c2ccc3c(c2)N(C[C@@H]2CC[C@H]21)C[C@@]1(CCCc2cc(Cl)ccc21)CO3. The number of hydrogen-bond acceptors (Lipinski definition) is 6. The van der Waals surface area contributed by atoms with Crippen LogP contribution in [0.25, 0.3) is 0 Å². The van der Waals surface area contributed by atoms with Gasteiger partial charge in [0.05, 0.1) is 18.0 Å². The number of hydrogen-bond donors (Lipinski definition) is 2. The zero-order valence-corrected chi connectivity index (χ0v) is 25.7. The number of ether oxygens (including phenoxy) is 1. The molecule has 7 nitrogen and oxygen atoms in total. The summed E-state index contributed by atoms with van der Waals surface area (Å²) in [6.07, 6.45) is 7.04. The molecule has 2 aromatic carbocycles. The summed E-state index contributed by atoms with van der Waals surface area (Å²) in [7, 11) is -3.80. The minimum atomic E-state index is -3.80. The van der Waals surface area contributed by atoms with Crippen LogP contribution in [0, 0.1) is 23.7 Å². The van der Waals surface area contributed by atoms with E-state index in [1.165, 1.54) is 11.1 Å². The third-order valence-corrected chi connectivity index (χ3v) is 11.4. The Morgan fingerprint density at radius 1 is 1.10 bits per heavy atom. The molecule has 2 aliphatic carbocycles. The average Bonchev–Trinajstić information content (AvgIpc) is 3.07. The summed E-state index contributed by atoms with van der Waals surface area (Å²) in [6, 6.07) is 11.3. The van der Waals surface area contributed by atoms with Crippen molar-refractivity contribution in [3.05, 3.63) is 58.1 Å². The van der Waals surface area contributed by atoms with E-state index < -0.39 is 21.5 Å². The Morgan fingerprint density at radius 3 is 2.74 bits per heavy atom. The average molecular weight is 611 g/mol. The second kappa shape index (κ2) is 11.4. The van der Waals surface area contributed by atoms with Gasteiger partial charge in [-0.05, 0) is 106 Å². The van der Waals surface area contributed by atoms with Crippen molar-refractivity contribution in [2.75, 3.05) is 30.3 Å². The van der Waals surface area contributed by atoms with Gasteiger partial charge in [-0.25, -0.2) is 13.1 Å². The van der Waals surface area contributed by atoms with Crippen molar-refractivity contribution < 1.29 is 23.1 Å². The molecule has 0 unspecified atom stereocenters. The van der Waals surface area contributed by atoms with E-state index in [2.05, 4.69) is 33.6 Å². The zero-order valence-electron chi connectivity index (χ0n) is 24.1. The number of nitrogens with one attached hydrogen (secondary N) is 1. The van der Waals surface area contributed by atoms with Crippen LogP contribution in [0.1, 0.15) is 79.8 Å². The van der Waals surface area contributed by atoms with Crippen LogP contribution >= 0.6 is 11.6 Å². The number of carbonyl (C=O) groups is 1. The Hall–Kier alpha value is -2.73. The minimum Gasteiger partial charge on any atom is -0.490 e. The molecule has 42 heavy (non-hydrogen) atoms. The highest BCUT2D eigenvalue weighted by molar-refractivity contribution is 7.90. The van der Waals surface area contributed by atoms with Crippen LogP contribution in [0.5, 0.6) is 5.75 Å². The molecule has 2 aliphatic heterocycles. The Kier molecular flexibility index (Phi) is 7.97. The third kappa shape index (κ3) is 5.64. The highest BCUT2D eigenvalue weighted by Gasteiger charge is 2.48. The fourth-order valence-corrected chi connectivity index (χ4v) is 8.91. The predicted molar refractivity (Wildman–Crippen MR) is 165 cm³/mol. The number of amides is 1. The van der Waals surface area contributed by atoms with Crippen LogP contribution in [-0.2, 0) is 21.9 Å². The number of nitrogens with zero attached hydrogens (tertiary/aromatic N) is 1. The van der Waals surface area contributed by atoms with E-state index in [9.17, 15) is 18.3 Å². The van der Waals surface area contributed by atoms with Crippen LogP contribution in [0.15, 0.2) is 36.4 Å². The van der Waals surface area contributed by atoms with Crippen LogP contribution in [0.4, 0.5) is 5.69 Å². The first-order valence-corrected chi connectivity index (χ1v) is 17.2. The summed E-state index contributed by atoms with van der Waals surface area (Å²) in [4.78, 5) is 15.5. The number of rotatable bonds is 0. The predicted octanol–water partition coefficient (Wildman–Crippen LogP) is 5.23. The maximum Gasteiger partial charge on any atom is 0.264 e. The molecule has 1 spiro atoms. The fourth-order valence-electron chi connectivity index (χ4n) is 7.63. The second-order valence-electron chi connectivity index (χ2n) is 12.6. The maximum atomic E-state index is 13.2. The standard InChI is InChI=1S/C33H39ClN2O5S/c1-2-14-33(38)16-4-3-5-17-42(39,40)35-31(37)24-9-13-30-29(19-24)36(20-25-8-11-28(25)33)21-32(22-41-30)15-6-7-23-18-26(34)10-12-27(23)32/h9-10,12-13,18-19,25,28,38H,3-8,11,15-17,20-22H2,1H3,(H,35,37)/t25-,28+,32-,33+/m0/s1. The maximum absolute atomic E-state index is 13.2. The third-order valence-electron chi connectivity index (χ3n) is 9.85. The van der Waals surface area contributed by atoms with Gasteiger partial charge in [0.15, 0.2) is 0 Å². The van der Waals surface area contributed by atoms with E-state index >= 15 is 0 Å². The molecular weight excluding hydrogens is 572 g/mol. The van der Waals surface area contributed by atoms with Crippen LogP contribution in [0.2, 0.25) is 5.02 Å². The largest absolute Gasteiger partial charge is 0.490 e. The molecule has 9 heteroatoms. The van der Waals surface area contributed by atoms with Gasteiger partial charge >= 0.3 is 0 Å². The molecule has 4 atom stereocenters. The molecule has 2 N–H and O–H groups in total. The van der Waals surface area contributed by atoms with Gasteiger partial charge in [-0.3, -0.25) is 4.79 Å². The number of carbonyl (C=O) groups excluding carboxylic acids is 1. The van der Waals surface area contributed by atoms with Crippen LogP contribution in [-0.4, -0.2) is 50.5 Å². The van der Waals surface area contributed by atoms with Gasteiger partial charge in [0, 0.05) is 35.0 Å². The highest BCUT2D eigenvalue weighted by Crippen LogP contribution is 2.48. The van der Waals surface area contributed by atoms with E-state index in [1.807, 2.05) is 6.07 Å². The van der Waals surface area contributed by atoms with E-state index in [4.69, 9.17) is 16.3 Å². The number of aliphatic hydroxyl groups is 1. The van der Waals surface area contributed by atoms with Crippen molar-refractivity contribution >= 4 is 33.2 Å². The lowest BCUT2D eigenvalue weighted by Gasteiger charge is -2.48. The second-order valence-corrected chi connectivity index (χ2v) is 14.9. The van der Waals surface area contributed by atoms with Crippen molar-refractivity contribution in [3.8, 4) is 17.6 Å². The molecule has 1 saturated carbocycles. The van der Waals surface area contributed by atoms with E-state index in [0.29, 0.717) is 51.1 Å². The van der Waals surface area contributed by atoms with Crippen molar-refractivity contribution in [3.63, 3.8) is 0 Å². The summed E-state index contributed by atoms with van der Waals surface area (Å²) in [6.45, 7) is 3.62. The normalized spacial score (nSPS) is 30.7. The molecule has 224 valence electrons. The number of fused-ring (bicyclic) bond motifs is 4. The Morgan fingerprint density at radius 2 is 1.95 bits per heavy atom. The summed E-state index contributed by atoms with van der Waals surface area (Å²) in [5, 5.41) is 12.6. The van der Waals surface area contributed by atoms with Crippen molar-refractivity contribution in [2.45, 2.75) is 75.7 Å². The first-order valence-electron chi connectivity index (χ1n) is 15.1. The van der Waals surface area contributed by atoms with Gasteiger partial charge in [0.1, 0.15) is 11.4 Å². The molecule has 2 heterocycles. The number of anilines is 1. The molecule has 4 aliphatic rings. The van der Waals surface area contributed by atoms with Crippen molar-refractivity contribution in [1.29, 1.82) is 0 Å². The van der Waals surface area contributed by atoms with Gasteiger partial charge < -0.3 is 14.7 Å². The number of benzene rings is 2. The highest BCUT2D eigenvalue weighted by atomic mass is 35.5. The van der Waals surface area contributed by atoms with E-state index in [1.54, 1.807) is 25.1 Å². The lowest BCUT2D eigenvalue weighted by atomic mass is 9.63. The number of sulfonamides is 1. The van der Waals surface area contributed by atoms with Crippen molar-refractivity contribution in [2.24, 2.45) is 11.8 Å². The molecule has 1 fully saturated rings. The van der Waals surface area contributed by atoms with Gasteiger partial charge in [0.2, 0.25) is 10.0 Å². The fraction of sp³-hybridized carbons (Fsp3) is 0.545. The Bertz CT molecular complexity index is 1550. The number of aryl methyl sites for hydroxylation is 1. The van der Waals surface area contributed by atoms with Gasteiger partial charge in [0.25, 0.3) is 5.91 Å². The zero-order chi connectivity index (χ0) is 29.5.